The number of aliphatic hydroxyl groups is 1. The summed E-state index contributed by atoms with van der Waals surface area (Å²) in [5.74, 6) is 0.938. The highest BCUT2D eigenvalue weighted by Gasteiger charge is 2.17. The third-order valence-electron chi connectivity index (χ3n) is 3.45. The van der Waals surface area contributed by atoms with E-state index in [9.17, 15) is 0 Å². The first-order chi connectivity index (χ1) is 9.29. The van der Waals surface area contributed by atoms with Crippen LogP contribution in [0.5, 0.6) is 5.75 Å². The summed E-state index contributed by atoms with van der Waals surface area (Å²) in [6, 6.07) is 5.80. The van der Waals surface area contributed by atoms with Crippen LogP contribution >= 0.6 is 11.6 Å². The Morgan fingerprint density at radius 1 is 1.32 bits per heavy atom. The molecule has 1 aliphatic carbocycles. The lowest BCUT2D eigenvalue weighted by atomic mass is 10.2. The summed E-state index contributed by atoms with van der Waals surface area (Å²) in [5, 5.41) is 12.8. The molecule has 1 aliphatic rings. The molecule has 0 saturated heterocycles. The van der Waals surface area contributed by atoms with Gasteiger partial charge in [-0.3, -0.25) is 0 Å². The molecule has 3 nitrogen and oxygen atoms in total. The Balaban J connectivity index is 1.95. The van der Waals surface area contributed by atoms with Crippen molar-refractivity contribution in [3.8, 4) is 5.75 Å². The first-order valence-electron chi connectivity index (χ1n) is 7.06. The minimum atomic E-state index is 0.216. The average Bonchev–Trinajstić information content (AvgIpc) is 2.90. The summed E-state index contributed by atoms with van der Waals surface area (Å²) >= 11 is 6.05. The highest BCUT2D eigenvalue weighted by Crippen LogP contribution is 2.28. The molecule has 0 unspecified atom stereocenters. The Bertz CT molecular complexity index is 392. The van der Waals surface area contributed by atoms with E-state index in [2.05, 4.69) is 5.32 Å². The maximum atomic E-state index is 8.77. The quantitative estimate of drug-likeness (QED) is 0.756. The molecule has 1 fully saturated rings. The Labute approximate surface area is 119 Å². The van der Waals surface area contributed by atoms with Crippen molar-refractivity contribution in [2.75, 3.05) is 13.2 Å². The lowest BCUT2D eigenvalue weighted by Crippen LogP contribution is -2.18. The maximum Gasteiger partial charge on any atom is 0.124 e. The number of hydrogen-bond donors (Lipinski definition) is 2. The SMILES string of the molecule is OCCCNCc1cc(Cl)ccc1OC1CCCC1. The third-order valence-corrected chi connectivity index (χ3v) is 3.68. The number of benzene rings is 1. The van der Waals surface area contributed by atoms with Gasteiger partial charge in [-0.25, -0.2) is 0 Å². The van der Waals surface area contributed by atoms with E-state index in [1.54, 1.807) is 0 Å². The largest absolute Gasteiger partial charge is 0.490 e. The smallest absolute Gasteiger partial charge is 0.124 e. The lowest BCUT2D eigenvalue weighted by molar-refractivity contribution is 0.207. The van der Waals surface area contributed by atoms with Crippen molar-refractivity contribution in [1.29, 1.82) is 0 Å². The normalized spacial score (nSPS) is 15.9. The van der Waals surface area contributed by atoms with Crippen LogP contribution in [0.1, 0.15) is 37.7 Å². The van der Waals surface area contributed by atoms with E-state index >= 15 is 0 Å². The van der Waals surface area contributed by atoms with Gasteiger partial charge in [0, 0.05) is 23.7 Å². The second-order valence-corrected chi connectivity index (χ2v) is 5.47. The maximum absolute atomic E-state index is 8.77. The molecule has 0 radical (unpaired) electrons. The highest BCUT2D eigenvalue weighted by molar-refractivity contribution is 6.30. The van der Waals surface area contributed by atoms with E-state index in [-0.39, 0.29) is 6.61 Å². The van der Waals surface area contributed by atoms with Gasteiger partial charge in [-0.15, -0.1) is 0 Å². The Kier molecular flexibility index (Phi) is 5.95. The van der Waals surface area contributed by atoms with Crippen LogP contribution < -0.4 is 10.1 Å². The number of halogens is 1. The number of rotatable bonds is 7. The summed E-state index contributed by atoms with van der Waals surface area (Å²) in [6.45, 7) is 1.74. The van der Waals surface area contributed by atoms with Crippen molar-refractivity contribution in [2.24, 2.45) is 0 Å². The Morgan fingerprint density at radius 2 is 2.11 bits per heavy atom. The van der Waals surface area contributed by atoms with Crippen molar-refractivity contribution in [3.05, 3.63) is 28.8 Å². The molecule has 0 bridgehead atoms. The van der Waals surface area contributed by atoms with Crippen LogP contribution in [0.2, 0.25) is 5.02 Å². The second-order valence-electron chi connectivity index (χ2n) is 5.03. The average molecular weight is 284 g/mol. The third kappa shape index (κ3) is 4.68. The van der Waals surface area contributed by atoms with Crippen molar-refractivity contribution >= 4 is 11.6 Å². The van der Waals surface area contributed by atoms with Crippen LogP contribution in [0.25, 0.3) is 0 Å². The monoisotopic (exact) mass is 283 g/mol. The zero-order valence-corrected chi connectivity index (χ0v) is 12.0. The van der Waals surface area contributed by atoms with Crippen LogP contribution in [0, 0.1) is 0 Å². The van der Waals surface area contributed by atoms with E-state index in [1.807, 2.05) is 18.2 Å². The topological polar surface area (TPSA) is 41.5 Å². The molecule has 2 N–H and O–H groups in total. The molecule has 1 saturated carbocycles. The fraction of sp³-hybridized carbons (Fsp3) is 0.600. The minimum Gasteiger partial charge on any atom is -0.490 e. The van der Waals surface area contributed by atoms with Gasteiger partial charge >= 0.3 is 0 Å². The van der Waals surface area contributed by atoms with E-state index < -0.39 is 0 Å². The molecule has 106 valence electrons. The number of aliphatic hydroxyl groups excluding tert-OH is 1. The van der Waals surface area contributed by atoms with Crippen LogP contribution in [0.4, 0.5) is 0 Å². The van der Waals surface area contributed by atoms with E-state index in [4.69, 9.17) is 21.4 Å². The fourth-order valence-corrected chi connectivity index (χ4v) is 2.61. The van der Waals surface area contributed by atoms with Gasteiger partial charge in [0.25, 0.3) is 0 Å². The lowest BCUT2D eigenvalue weighted by Gasteiger charge is -2.17. The fourth-order valence-electron chi connectivity index (χ4n) is 2.41. The van der Waals surface area contributed by atoms with Gasteiger partial charge < -0.3 is 15.2 Å². The van der Waals surface area contributed by atoms with E-state index in [1.165, 1.54) is 12.8 Å². The molecule has 19 heavy (non-hydrogen) atoms. The molecule has 0 atom stereocenters. The Morgan fingerprint density at radius 3 is 2.84 bits per heavy atom. The van der Waals surface area contributed by atoms with Crippen LogP contribution in [0.3, 0.4) is 0 Å². The molecule has 0 amide bonds. The van der Waals surface area contributed by atoms with Gasteiger partial charge in [0.05, 0.1) is 6.10 Å². The summed E-state index contributed by atoms with van der Waals surface area (Å²) in [5.41, 5.74) is 1.09. The van der Waals surface area contributed by atoms with Crippen molar-refractivity contribution in [2.45, 2.75) is 44.8 Å². The van der Waals surface area contributed by atoms with E-state index in [0.717, 1.165) is 48.7 Å². The van der Waals surface area contributed by atoms with E-state index in [0.29, 0.717) is 6.10 Å². The predicted octanol–water partition coefficient (Wildman–Crippen LogP) is 3.13. The molecular formula is C15H22ClNO2. The van der Waals surface area contributed by atoms with Gasteiger partial charge in [-0.05, 0) is 56.8 Å². The molecular weight excluding hydrogens is 262 g/mol. The predicted molar refractivity (Wildman–Crippen MR) is 77.7 cm³/mol. The van der Waals surface area contributed by atoms with Gasteiger partial charge in [0.1, 0.15) is 5.75 Å². The van der Waals surface area contributed by atoms with Crippen LogP contribution in [-0.4, -0.2) is 24.4 Å². The van der Waals surface area contributed by atoms with Gasteiger partial charge in [0.2, 0.25) is 0 Å². The van der Waals surface area contributed by atoms with Crippen molar-refractivity contribution in [3.63, 3.8) is 0 Å². The molecule has 2 rings (SSSR count). The van der Waals surface area contributed by atoms with Crippen molar-refractivity contribution < 1.29 is 9.84 Å². The van der Waals surface area contributed by atoms with Crippen LogP contribution in [0.15, 0.2) is 18.2 Å². The van der Waals surface area contributed by atoms with Gasteiger partial charge in [-0.1, -0.05) is 11.6 Å². The molecule has 1 aromatic carbocycles. The molecule has 0 aliphatic heterocycles. The first kappa shape index (κ1) is 14.6. The number of nitrogens with one attached hydrogen (secondary N) is 1. The molecule has 0 heterocycles. The Hall–Kier alpha value is -0.770. The van der Waals surface area contributed by atoms with Crippen LogP contribution in [-0.2, 0) is 6.54 Å². The zero-order valence-electron chi connectivity index (χ0n) is 11.2. The highest BCUT2D eigenvalue weighted by atomic mass is 35.5. The molecule has 0 spiro atoms. The molecule has 1 aromatic rings. The van der Waals surface area contributed by atoms with Crippen molar-refractivity contribution in [1.82, 2.24) is 5.32 Å². The first-order valence-corrected chi connectivity index (χ1v) is 7.44. The summed E-state index contributed by atoms with van der Waals surface area (Å²) in [7, 11) is 0. The molecule has 0 aromatic heterocycles. The zero-order chi connectivity index (χ0) is 13.5. The number of hydrogen-bond acceptors (Lipinski definition) is 3. The summed E-state index contributed by atoms with van der Waals surface area (Å²) in [4.78, 5) is 0. The van der Waals surface area contributed by atoms with Gasteiger partial charge in [-0.2, -0.15) is 0 Å². The molecule has 4 heteroatoms. The summed E-state index contributed by atoms with van der Waals surface area (Å²) < 4.78 is 6.07. The second kappa shape index (κ2) is 7.73. The number of ether oxygens (including phenoxy) is 1. The van der Waals surface area contributed by atoms with Gasteiger partial charge in [0.15, 0.2) is 0 Å². The standard InChI is InChI=1S/C15H22ClNO2/c16-13-6-7-15(19-14-4-1-2-5-14)12(10-13)11-17-8-3-9-18/h6-7,10,14,17-18H,1-5,8-9,11H2. The minimum absolute atomic E-state index is 0.216. The summed E-state index contributed by atoms with van der Waals surface area (Å²) in [6.07, 6.45) is 5.96.